The van der Waals surface area contributed by atoms with Gasteiger partial charge in [-0.25, -0.2) is 4.98 Å². The number of hydrogen-bond acceptors (Lipinski definition) is 4. The number of pyridine rings is 1. The van der Waals surface area contributed by atoms with Crippen molar-refractivity contribution in [1.82, 2.24) is 9.88 Å². The molecule has 4 nitrogen and oxygen atoms in total. The summed E-state index contributed by atoms with van der Waals surface area (Å²) in [5.74, 6) is 2.11. The second kappa shape index (κ2) is 6.64. The number of amides is 1. The molecule has 0 radical (unpaired) electrons. The van der Waals surface area contributed by atoms with Crippen LogP contribution in [0.15, 0.2) is 18.3 Å². The van der Waals surface area contributed by atoms with E-state index in [2.05, 4.69) is 17.2 Å². The number of nitrogens with one attached hydrogen (secondary N) is 1. The van der Waals surface area contributed by atoms with Crippen LogP contribution < -0.4 is 5.32 Å². The summed E-state index contributed by atoms with van der Waals surface area (Å²) in [7, 11) is 0. The number of aromatic nitrogens is 1. The number of anilines is 1. The monoisotopic (exact) mass is 265 g/mol. The molecule has 1 aromatic heterocycles. The van der Waals surface area contributed by atoms with Crippen LogP contribution in [-0.2, 0) is 0 Å². The van der Waals surface area contributed by atoms with Crippen molar-refractivity contribution >= 4 is 23.4 Å². The molecular weight excluding hydrogens is 246 g/mol. The van der Waals surface area contributed by atoms with E-state index >= 15 is 0 Å². The van der Waals surface area contributed by atoms with E-state index in [-0.39, 0.29) is 5.91 Å². The van der Waals surface area contributed by atoms with Gasteiger partial charge in [0.25, 0.3) is 5.91 Å². The minimum absolute atomic E-state index is 0.0531. The highest BCUT2D eigenvalue weighted by atomic mass is 32.2. The Labute approximate surface area is 112 Å². The number of carbonyl (C=O) groups excluding carboxylic acids is 1. The van der Waals surface area contributed by atoms with Crippen molar-refractivity contribution in [3.63, 3.8) is 0 Å². The van der Waals surface area contributed by atoms with E-state index in [1.807, 2.05) is 28.8 Å². The van der Waals surface area contributed by atoms with E-state index in [0.29, 0.717) is 5.69 Å². The fraction of sp³-hybridized carbons (Fsp3) is 0.538. The molecule has 0 bridgehead atoms. The molecule has 0 unspecified atom stereocenters. The molecule has 0 aromatic carbocycles. The Morgan fingerprint density at radius 1 is 1.44 bits per heavy atom. The van der Waals surface area contributed by atoms with Crippen LogP contribution in [0.2, 0.25) is 0 Å². The maximum absolute atomic E-state index is 12.2. The van der Waals surface area contributed by atoms with Crippen LogP contribution >= 0.6 is 11.8 Å². The van der Waals surface area contributed by atoms with Crippen LogP contribution in [0.5, 0.6) is 0 Å². The Balaban J connectivity index is 1.97. The van der Waals surface area contributed by atoms with Gasteiger partial charge in [-0.15, -0.1) is 0 Å². The molecule has 98 valence electrons. The van der Waals surface area contributed by atoms with Gasteiger partial charge in [-0.2, -0.15) is 11.8 Å². The van der Waals surface area contributed by atoms with Gasteiger partial charge in [0.15, 0.2) is 0 Å². The van der Waals surface area contributed by atoms with E-state index in [0.717, 1.165) is 43.2 Å². The fourth-order valence-corrected chi connectivity index (χ4v) is 2.73. The summed E-state index contributed by atoms with van der Waals surface area (Å²) in [6.45, 7) is 4.72. The normalized spacial score (nSPS) is 15.5. The first kappa shape index (κ1) is 13.2. The van der Waals surface area contributed by atoms with Crippen LogP contribution in [0.25, 0.3) is 0 Å². The first-order chi connectivity index (χ1) is 8.81. The number of nitrogens with zero attached hydrogens (tertiary/aromatic N) is 2. The molecule has 1 aliphatic heterocycles. The van der Waals surface area contributed by atoms with E-state index in [9.17, 15) is 4.79 Å². The molecule has 1 amide bonds. The lowest BCUT2D eigenvalue weighted by atomic mass is 10.3. The van der Waals surface area contributed by atoms with Crippen molar-refractivity contribution in [2.24, 2.45) is 0 Å². The average Bonchev–Trinajstić information content (AvgIpc) is 2.46. The Kier molecular flexibility index (Phi) is 4.87. The van der Waals surface area contributed by atoms with Crippen LogP contribution in [0.1, 0.15) is 23.8 Å². The maximum Gasteiger partial charge on any atom is 0.272 e. The van der Waals surface area contributed by atoms with E-state index in [1.54, 1.807) is 6.20 Å². The maximum atomic E-state index is 12.2. The molecule has 2 rings (SSSR count). The molecule has 1 saturated heterocycles. The molecule has 0 aliphatic carbocycles. The van der Waals surface area contributed by atoms with Gasteiger partial charge in [-0.1, -0.05) is 6.92 Å². The zero-order chi connectivity index (χ0) is 12.8. The summed E-state index contributed by atoms with van der Waals surface area (Å²) >= 11 is 1.90. The lowest BCUT2D eigenvalue weighted by Gasteiger charge is -2.26. The minimum atomic E-state index is 0.0531. The quantitative estimate of drug-likeness (QED) is 0.905. The molecule has 1 aromatic rings. The second-order valence-corrected chi connectivity index (χ2v) is 5.49. The van der Waals surface area contributed by atoms with Crippen LogP contribution in [0, 0.1) is 0 Å². The Morgan fingerprint density at radius 2 is 2.22 bits per heavy atom. The zero-order valence-electron chi connectivity index (χ0n) is 10.7. The molecule has 1 fully saturated rings. The Hall–Kier alpha value is -1.23. The highest BCUT2D eigenvalue weighted by molar-refractivity contribution is 7.99. The van der Waals surface area contributed by atoms with Crippen LogP contribution in [0.4, 0.5) is 5.69 Å². The molecule has 2 heterocycles. The van der Waals surface area contributed by atoms with Crippen molar-refractivity contribution in [2.75, 3.05) is 36.5 Å². The van der Waals surface area contributed by atoms with Gasteiger partial charge in [-0.3, -0.25) is 4.79 Å². The van der Waals surface area contributed by atoms with Crippen LogP contribution in [-0.4, -0.2) is 46.9 Å². The van der Waals surface area contributed by atoms with Crippen molar-refractivity contribution in [3.05, 3.63) is 24.0 Å². The third kappa shape index (κ3) is 3.38. The summed E-state index contributed by atoms with van der Waals surface area (Å²) in [6, 6.07) is 3.73. The van der Waals surface area contributed by atoms with E-state index < -0.39 is 0 Å². The smallest absolute Gasteiger partial charge is 0.272 e. The average molecular weight is 265 g/mol. The number of hydrogen-bond donors (Lipinski definition) is 1. The number of carbonyl (C=O) groups is 1. The van der Waals surface area contributed by atoms with Crippen molar-refractivity contribution in [3.8, 4) is 0 Å². The van der Waals surface area contributed by atoms with Gasteiger partial charge in [-0.05, 0) is 18.6 Å². The highest BCUT2D eigenvalue weighted by Crippen LogP contribution is 2.13. The molecule has 0 atom stereocenters. The molecule has 5 heteroatoms. The predicted molar refractivity (Wildman–Crippen MR) is 76.2 cm³/mol. The largest absolute Gasteiger partial charge is 0.384 e. The van der Waals surface area contributed by atoms with Crippen molar-refractivity contribution < 1.29 is 4.79 Å². The van der Waals surface area contributed by atoms with Gasteiger partial charge < -0.3 is 10.2 Å². The lowest BCUT2D eigenvalue weighted by molar-refractivity contribution is 0.0766. The van der Waals surface area contributed by atoms with Gasteiger partial charge in [0, 0.05) is 31.1 Å². The zero-order valence-corrected chi connectivity index (χ0v) is 11.5. The molecule has 18 heavy (non-hydrogen) atoms. The topological polar surface area (TPSA) is 45.2 Å². The molecule has 0 spiro atoms. The predicted octanol–water partition coefficient (Wildman–Crippen LogP) is 2.09. The van der Waals surface area contributed by atoms with E-state index in [1.165, 1.54) is 0 Å². The SMILES string of the molecule is CCCNc1ccc(C(=O)N2CCSCC2)nc1. The number of rotatable bonds is 4. The second-order valence-electron chi connectivity index (χ2n) is 4.26. The first-order valence-electron chi connectivity index (χ1n) is 6.38. The number of thioether (sulfide) groups is 1. The third-order valence-electron chi connectivity index (χ3n) is 2.86. The van der Waals surface area contributed by atoms with Gasteiger partial charge in [0.2, 0.25) is 0 Å². The summed E-state index contributed by atoms with van der Waals surface area (Å²) < 4.78 is 0. The summed E-state index contributed by atoms with van der Waals surface area (Å²) in [5.41, 5.74) is 1.52. The fourth-order valence-electron chi connectivity index (χ4n) is 1.82. The summed E-state index contributed by atoms with van der Waals surface area (Å²) in [5, 5.41) is 3.25. The molecule has 1 N–H and O–H groups in total. The van der Waals surface area contributed by atoms with E-state index in [4.69, 9.17) is 0 Å². The van der Waals surface area contributed by atoms with Crippen molar-refractivity contribution in [1.29, 1.82) is 0 Å². The molecular formula is C13H19N3OS. The summed E-state index contributed by atoms with van der Waals surface area (Å²) in [6.07, 6.45) is 2.81. The summed E-state index contributed by atoms with van der Waals surface area (Å²) in [4.78, 5) is 18.3. The Morgan fingerprint density at radius 3 is 2.83 bits per heavy atom. The van der Waals surface area contributed by atoms with Crippen LogP contribution in [0.3, 0.4) is 0 Å². The molecule has 0 saturated carbocycles. The third-order valence-corrected chi connectivity index (χ3v) is 3.80. The first-order valence-corrected chi connectivity index (χ1v) is 7.53. The molecule has 1 aliphatic rings. The minimum Gasteiger partial charge on any atom is -0.384 e. The van der Waals surface area contributed by atoms with Crippen molar-refractivity contribution in [2.45, 2.75) is 13.3 Å². The highest BCUT2D eigenvalue weighted by Gasteiger charge is 2.19. The lowest BCUT2D eigenvalue weighted by Crippen LogP contribution is -2.38. The Bertz CT molecular complexity index is 388. The standard InChI is InChI=1S/C13H19N3OS/c1-2-5-14-11-3-4-12(15-10-11)13(17)16-6-8-18-9-7-16/h3-4,10,14H,2,5-9H2,1H3. The van der Waals surface area contributed by atoms with Gasteiger partial charge >= 0.3 is 0 Å². The van der Waals surface area contributed by atoms with Gasteiger partial charge in [0.05, 0.1) is 11.9 Å². The van der Waals surface area contributed by atoms with Gasteiger partial charge in [0.1, 0.15) is 5.69 Å².